The van der Waals surface area contributed by atoms with Crippen LogP contribution in [0.25, 0.3) is 0 Å². The Labute approximate surface area is 176 Å². The van der Waals surface area contributed by atoms with Crippen LogP contribution in [-0.4, -0.2) is 31.0 Å². The summed E-state index contributed by atoms with van der Waals surface area (Å²) in [4.78, 5) is 31.1. The molecule has 3 N–H and O–H groups in total. The zero-order valence-corrected chi connectivity index (χ0v) is 17.3. The van der Waals surface area contributed by atoms with Gasteiger partial charge in [-0.05, 0) is 48.9 Å². The molecule has 1 aromatic heterocycles. The molecule has 7 nitrogen and oxygen atoms in total. The number of nitrogens with one attached hydrogen (secondary N) is 3. The number of nitrogens with zero attached hydrogens (tertiary/aromatic N) is 2. The number of pyridine rings is 1. The van der Waals surface area contributed by atoms with Gasteiger partial charge in [-0.15, -0.1) is 0 Å². The highest BCUT2D eigenvalue weighted by atomic mass is 16.2. The lowest BCUT2D eigenvalue weighted by molar-refractivity contribution is 0.0951. The molecular formula is C23H25N5O2. The molecule has 0 saturated carbocycles. The highest BCUT2D eigenvalue weighted by Gasteiger charge is 2.15. The Balaban J connectivity index is 1.72. The molecule has 3 aromatic rings. The summed E-state index contributed by atoms with van der Waals surface area (Å²) in [5.74, 6) is -0.231. The minimum Gasteiger partial charge on any atom is -0.377 e. The van der Waals surface area contributed by atoms with Gasteiger partial charge in [-0.3, -0.25) is 9.78 Å². The van der Waals surface area contributed by atoms with Crippen LogP contribution in [0.15, 0.2) is 67.0 Å². The van der Waals surface area contributed by atoms with Crippen molar-refractivity contribution in [3.05, 3.63) is 83.7 Å². The van der Waals surface area contributed by atoms with Crippen molar-refractivity contribution in [2.75, 3.05) is 29.6 Å². The minimum absolute atomic E-state index is 0.231. The van der Waals surface area contributed by atoms with Crippen molar-refractivity contribution in [1.29, 1.82) is 0 Å². The Kier molecular flexibility index (Phi) is 6.64. The normalized spacial score (nSPS) is 10.2. The number of hydrogen-bond acceptors (Lipinski definition) is 4. The van der Waals surface area contributed by atoms with E-state index in [9.17, 15) is 9.59 Å². The molecule has 0 aliphatic carbocycles. The molecule has 0 saturated heterocycles. The zero-order valence-electron chi connectivity index (χ0n) is 17.3. The Morgan fingerprint density at radius 3 is 2.33 bits per heavy atom. The molecule has 7 heteroatoms. The minimum atomic E-state index is -0.377. The number of hydrogen-bond donors (Lipinski definition) is 3. The molecule has 3 amide bonds. The SMILES string of the molecule is Cc1ccc(NC(=O)Nc2ccc(N(C)C)c(C(=O)NCc3cccnc3)c2)cc1. The summed E-state index contributed by atoms with van der Waals surface area (Å²) in [6.07, 6.45) is 3.40. The van der Waals surface area contributed by atoms with Crippen LogP contribution >= 0.6 is 0 Å². The van der Waals surface area contributed by atoms with Gasteiger partial charge in [0, 0.05) is 50.1 Å². The van der Waals surface area contributed by atoms with Crippen LogP contribution in [0, 0.1) is 6.92 Å². The smallest absolute Gasteiger partial charge is 0.323 e. The second-order valence-electron chi connectivity index (χ2n) is 7.12. The number of urea groups is 1. The fourth-order valence-electron chi connectivity index (χ4n) is 2.90. The van der Waals surface area contributed by atoms with E-state index in [-0.39, 0.29) is 11.9 Å². The van der Waals surface area contributed by atoms with E-state index in [0.29, 0.717) is 23.5 Å². The third kappa shape index (κ3) is 5.57. The Morgan fingerprint density at radius 1 is 0.967 bits per heavy atom. The van der Waals surface area contributed by atoms with Gasteiger partial charge >= 0.3 is 6.03 Å². The van der Waals surface area contributed by atoms with E-state index in [0.717, 1.165) is 16.8 Å². The van der Waals surface area contributed by atoms with E-state index in [4.69, 9.17) is 0 Å². The molecular weight excluding hydrogens is 378 g/mol. The van der Waals surface area contributed by atoms with Gasteiger partial charge in [0.15, 0.2) is 0 Å². The van der Waals surface area contributed by atoms with Crippen LogP contribution in [0.2, 0.25) is 0 Å². The first-order valence-electron chi connectivity index (χ1n) is 9.55. The Morgan fingerprint density at radius 2 is 1.67 bits per heavy atom. The van der Waals surface area contributed by atoms with E-state index >= 15 is 0 Å². The topological polar surface area (TPSA) is 86.4 Å². The predicted molar refractivity (Wildman–Crippen MR) is 120 cm³/mol. The maximum atomic E-state index is 12.8. The van der Waals surface area contributed by atoms with Crippen LogP contribution in [0.1, 0.15) is 21.5 Å². The molecule has 3 rings (SSSR count). The summed E-state index contributed by atoms with van der Waals surface area (Å²) in [5, 5.41) is 8.47. The molecule has 30 heavy (non-hydrogen) atoms. The molecule has 0 atom stereocenters. The summed E-state index contributed by atoms with van der Waals surface area (Å²) in [6.45, 7) is 2.35. The average Bonchev–Trinajstić information content (AvgIpc) is 2.74. The molecule has 0 unspecified atom stereocenters. The van der Waals surface area contributed by atoms with Crippen LogP contribution in [-0.2, 0) is 6.54 Å². The van der Waals surface area contributed by atoms with Gasteiger partial charge in [0.05, 0.1) is 5.56 Å². The second-order valence-corrected chi connectivity index (χ2v) is 7.12. The van der Waals surface area contributed by atoms with Gasteiger partial charge < -0.3 is 20.9 Å². The number of anilines is 3. The Bertz CT molecular complexity index is 1020. The molecule has 0 spiro atoms. The molecule has 1 heterocycles. The quantitative estimate of drug-likeness (QED) is 0.580. The van der Waals surface area contributed by atoms with Gasteiger partial charge in [0.2, 0.25) is 0 Å². The van der Waals surface area contributed by atoms with Gasteiger partial charge in [0.1, 0.15) is 0 Å². The highest BCUT2D eigenvalue weighted by Crippen LogP contribution is 2.23. The first-order valence-corrected chi connectivity index (χ1v) is 9.55. The standard InChI is InChI=1S/C23H25N5O2/c1-16-6-8-18(9-7-16)26-23(30)27-19-10-11-21(28(2)3)20(13-19)22(29)25-15-17-5-4-12-24-14-17/h4-14H,15H2,1-3H3,(H,25,29)(H2,26,27,30). The summed E-state index contributed by atoms with van der Waals surface area (Å²) in [5.41, 5.74) is 4.46. The third-order valence-electron chi connectivity index (χ3n) is 4.47. The molecule has 0 fully saturated rings. The van der Waals surface area contributed by atoms with Crippen LogP contribution < -0.4 is 20.9 Å². The maximum Gasteiger partial charge on any atom is 0.323 e. The number of carbonyl (C=O) groups excluding carboxylic acids is 2. The monoisotopic (exact) mass is 403 g/mol. The number of amides is 3. The molecule has 2 aromatic carbocycles. The van der Waals surface area contributed by atoms with Gasteiger partial charge in [-0.2, -0.15) is 0 Å². The van der Waals surface area contributed by atoms with Gasteiger partial charge in [-0.1, -0.05) is 23.8 Å². The largest absolute Gasteiger partial charge is 0.377 e. The molecule has 0 aliphatic rings. The van der Waals surface area contributed by atoms with Crippen molar-refractivity contribution >= 4 is 29.0 Å². The number of aryl methyl sites for hydroxylation is 1. The van der Waals surface area contributed by atoms with E-state index in [2.05, 4.69) is 20.9 Å². The Hall–Kier alpha value is -3.87. The van der Waals surface area contributed by atoms with Crippen LogP contribution in [0.4, 0.5) is 21.9 Å². The lowest BCUT2D eigenvalue weighted by Gasteiger charge is -2.18. The molecule has 0 bridgehead atoms. The average molecular weight is 403 g/mol. The third-order valence-corrected chi connectivity index (χ3v) is 4.47. The summed E-state index contributed by atoms with van der Waals surface area (Å²) >= 11 is 0. The van der Waals surface area contributed by atoms with E-state index in [1.807, 2.05) is 62.3 Å². The van der Waals surface area contributed by atoms with Crippen molar-refractivity contribution in [1.82, 2.24) is 10.3 Å². The lowest BCUT2D eigenvalue weighted by atomic mass is 10.1. The van der Waals surface area contributed by atoms with Crippen molar-refractivity contribution < 1.29 is 9.59 Å². The van der Waals surface area contributed by atoms with E-state index < -0.39 is 0 Å². The fraction of sp³-hybridized carbons (Fsp3) is 0.174. The zero-order chi connectivity index (χ0) is 21.5. The molecule has 154 valence electrons. The van der Waals surface area contributed by atoms with Gasteiger partial charge in [-0.25, -0.2) is 4.79 Å². The summed E-state index contributed by atoms with van der Waals surface area (Å²) in [7, 11) is 3.73. The number of rotatable bonds is 6. The maximum absolute atomic E-state index is 12.8. The van der Waals surface area contributed by atoms with Gasteiger partial charge in [0.25, 0.3) is 5.91 Å². The van der Waals surface area contributed by atoms with Crippen molar-refractivity contribution in [2.24, 2.45) is 0 Å². The fourth-order valence-corrected chi connectivity index (χ4v) is 2.90. The number of carbonyl (C=O) groups is 2. The van der Waals surface area contributed by atoms with E-state index in [1.165, 1.54) is 0 Å². The van der Waals surface area contributed by atoms with Crippen molar-refractivity contribution in [3.63, 3.8) is 0 Å². The van der Waals surface area contributed by atoms with Crippen LogP contribution in [0.3, 0.4) is 0 Å². The highest BCUT2D eigenvalue weighted by molar-refractivity contribution is 6.03. The number of aromatic nitrogens is 1. The first kappa shape index (κ1) is 20.9. The lowest BCUT2D eigenvalue weighted by Crippen LogP contribution is -2.26. The summed E-state index contributed by atoms with van der Waals surface area (Å²) < 4.78 is 0. The van der Waals surface area contributed by atoms with E-state index in [1.54, 1.807) is 30.6 Å². The number of benzene rings is 2. The van der Waals surface area contributed by atoms with Crippen molar-refractivity contribution in [2.45, 2.75) is 13.5 Å². The molecule has 0 aliphatic heterocycles. The predicted octanol–water partition coefficient (Wildman–Crippen LogP) is 4.03. The summed E-state index contributed by atoms with van der Waals surface area (Å²) in [6, 6.07) is 16.1. The molecule has 0 radical (unpaired) electrons. The van der Waals surface area contributed by atoms with Crippen molar-refractivity contribution in [3.8, 4) is 0 Å². The first-order chi connectivity index (χ1) is 14.4. The second kappa shape index (κ2) is 9.56. The van der Waals surface area contributed by atoms with Crippen LogP contribution in [0.5, 0.6) is 0 Å².